The van der Waals surface area contributed by atoms with E-state index in [1.807, 2.05) is 19.9 Å². The van der Waals surface area contributed by atoms with Crippen LogP contribution in [-0.4, -0.2) is 19.4 Å². The van der Waals surface area contributed by atoms with Gasteiger partial charge in [0.25, 0.3) is 0 Å². The average Bonchev–Trinajstić information content (AvgIpc) is 2.29. The van der Waals surface area contributed by atoms with Gasteiger partial charge in [0.15, 0.2) is 0 Å². The molecule has 0 fully saturated rings. The van der Waals surface area contributed by atoms with E-state index in [4.69, 9.17) is 9.47 Å². The van der Waals surface area contributed by atoms with Gasteiger partial charge in [0.05, 0.1) is 6.61 Å². The van der Waals surface area contributed by atoms with Gasteiger partial charge in [0.2, 0.25) is 0 Å². The van der Waals surface area contributed by atoms with Gasteiger partial charge in [0, 0.05) is 0 Å². The van der Waals surface area contributed by atoms with Crippen LogP contribution in [0.25, 0.3) is 0 Å². The van der Waals surface area contributed by atoms with E-state index in [1.165, 1.54) is 19.3 Å². The van der Waals surface area contributed by atoms with Gasteiger partial charge in [0.1, 0.15) is 6.61 Å². The van der Waals surface area contributed by atoms with E-state index < -0.39 is 6.16 Å². The second-order valence-electron chi connectivity index (χ2n) is 4.81. The van der Waals surface area contributed by atoms with Gasteiger partial charge in [-0.05, 0) is 18.3 Å². The van der Waals surface area contributed by atoms with Gasteiger partial charge in [-0.3, -0.25) is 0 Å². The summed E-state index contributed by atoms with van der Waals surface area (Å²) in [5.41, 5.74) is 0. The lowest BCUT2D eigenvalue weighted by atomic mass is 10.0. The van der Waals surface area contributed by atoms with E-state index in [0.29, 0.717) is 25.0 Å². The Bertz CT molecular complexity index is 222. The second-order valence-corrected chi connectivity index (χ2v) is 4.81. The molecule has 0 aromatic rings. The molecule has 0 saturated heterocycles. The number of ether oxygens (including phenoxy) is 2. The summed E-state index contributed by atoms with van der Waals surface area (Å²) in [7, 11) is 0. The number of carbonyl (C=O) groups excluding carboxylic acids is 1. The zero-order chi connectivity index (χ0) is 13.1. The maximum atomic E-state index is 11.1. The highest BCUT2D eigenvalue weighted by molar-refractivity contribution is 5.59. The first-order valence-electron chi connectivity index (χ1n) is 6.52. The predicted molar refractivity (Wildman–Crippen MR) is 70.0 cm³/mol. The Kier molecular flexibility index (Phi) is 9.59. The molecule has 0 amide bonds. The number of rotatable bonds is 8. The fourth-order valence-electron chi connectivity index (χ4n) is 1.30. The third kappa shape index (κ3) is 11.3. The molecule has 100 valence electrons. The number of hydrogen-bond donors (Lipinski definition) is 0. The Morgan fingerprint density at radius 2 is 1.94 bits per heavy atom. The lowest BCUT2D eigenvalue weighted by Gasteiger charge is -2.07. The van der Waals surface area contributed by atoms with Crippen LogP contribution in [0.5, 0.6) is 0 Å². The van der Waals surface area contributed by atoms with E-state index in [-0.39, 0.29) is 0 Å². The predicted octanol–water partition coefficient (Wildman–Crippen LogP) is 4.18. The van der Waals surface area contributed by atoms with Gasteiger partial charge in [-0.15, -0.1) is 0 Å². The fourth-order valence-corrected chi connectivity index (χ4v) is 1.30. The zero-order valence-electron chi connectivity index (χ0n) is 11.6. The Labute approximate surface area is 105 Å². The summed E-state index contributed by atoms with van der Waals surface area (Å²) in [6, 6.07) is 0. The molecule has 0 bridgehead atoms. The van der Waals surface area contributed by atoms with Crippen molar-refractivity contribution in [2.45, 2.75) is 47.0 Å². The minimum Gasteiger partial charge on any atom is -0.434 e. The smallest absolute Gasteiger partial charge is 0.434 e. The van der Waals surface area contributed by atoms with Crippen molar-refractivity contribution in [1.82, 2.24) is 0 Å². The Balaban J connectivity index is 3.54. The topological polar surface area (TPSA) is 35.5 Å². The zero-order valence-corrected chi connectivity index (χ0v) is 11.6. The highest BCUT2D eigenvalue weighted by atomic mass is 16.7. The number of unbranched alkanes of at least 4 members (excludes halogenated alkanes) is 1. The summed E-state index contributed by atoms with van der Waals surface area (Å²) in [6.07, 6.45) is 7.04. The van der Waals surface area contributed by atoms with Crippen LogP contribution in [0.4, 0.5) is 4.79 Å². The summed E-state index contributed by atoms with van der Waals surface area (Å²) in [4.78, 5) is 11.1. The summed E-state index contributed by atoms with van der Waals surface area (Å²) in [6.45, 7) is 9.04. The molecule has 1 atom stereocenters. The van der Waals surface area contributed by atoms with E-state index in [0.717, 1.165) is 0 Å². The first-order chi connectivity index (χ1) is 8.06. The molecule has 0 heterocycles. The van der Waals surface area contributed by atoms with Crippen molar-refractivity contribution in [3.05, 3.63) is 12.2 Å². The third-order valence-electron chi connectivity index (χ3n) is 2.31. The van der Waals surface area contributed by atoms with Crippen molar-refractivity contribution in [2.75, 3.05) is 13.2 Å². The molecule has 0 radical (unpaired) electrons. The molecule has 0 aromatic heterocycles. The first kappa shape index (κ1) is 16.0. The summed E-state index contributed by atoms with van der Waals surface area (Å²) in [5, 5.41) is 0. The Morgan fingerprint density at radius 1 is 1.24 bits per heavy atom. The van der Waals surface area contributed by atoms with E-state index >= 15 is 0 Å². The number of allylic oxidation sites excluding steroid dienone is 1. The maximum absolute atomic E-state index is 11.1. The summed E-state index contributed by atoms with van der Waals surface area (Å²) >= 11 is 0. The van der Waals surface area contributed by atoms with E-state index in [2.05, 4.69) is 19.9 Å². The molecular weight excluding hydrogens is 216 g/mol. The summed E-state index contributed by atoms with van der Waals surface area (Å²) < 4.78 is 9.78. The van der Waals surface area contributed by atoms with Crippen molar-refractivity contribution in [1.29, 1.82) is 0 Å². The van der Waals surface area contributed by atoms with Gasteiger partial charge in [-0.25, -0.2) is 4.79 Å². The average molecular weight is 242 g/mol. The van der Waals surface area contributed by atoms with Crippen molar-refractivity contribution in [2.24, 2.45) is 11.8 Å². The molecule has 0 aliphatic carbocycles. The minimum atomic E-state index is -0.579. The van der Waals surface area contributed by atoms with E-state index in [9.17, 15) is 4.79 Å². The van der Waals surface area contributed by atoms with Crippen LogP contribution < -0.4 is 0 Å². The normalized spacial score (nSPS) is 13.0. The third-order valence-corrected chi connectivity index (χ3v) is 2.31. The van der Waals surface area contributed by atoms with Crippen LogP contribution in [0.1, 0.15) is 47.0 Å². The molecule has 0 aliphatic rings. The number of hydrogen-bond acceptors (Lipinski definition) is 3. The van der Waals surface area contributed by atoms with Crippen LogP contribution in [0.15, 0.2) is 12.2 Å². The molecule has 0 N–H and O–H groups in total. The van der Waals surface area contributed by atoms with Crippen molar-refractivity contribution in [3.8, 4) is 0 Å². The molecule has 3 nitrogen and oxygen atoms in total. The molecule has 0 spiro atoms. The SMILES string of the molecule is CCCCC(C)/C=C\COC(=O)OCC(C)C. The van der Waals surface area contributed by atoms with Crippen molar-refractivity contribution >= 4 is 6.16 Å². The molecule has 0 rings (SSSR count). The van der Waals surface area contributed by atoms with E-state index in [1.54, 1.807) is 0 Å². The van der Waals surface area contributed by atoms with Gasteiger partial charge in [-0.2, -0.15) is 0 Å². The van der Waals surface area contributed by atoms with Crippen LogP contribution in [0, 0.1) is 11.8 Å². The van der Waals surface area contributed by atoms with Crippen LogP contribution in [0.3, 0.4) is 0 Å². The van der Waals surface area contributed by atoms with Crippen LogP contribution in [0.2, 0.25) is 0 Å². The van der Waals surface area contributed by atoms with Gasteiger partial charge >= 0.3 is 6.16 Å². The highest BCUT2D eigenvalue weighted by Crippen LogP contribution is 2.08. The van der Waals surface area contributed by atoms with Gasteiger partial charge in [-0.1, -0.05) is 52.7 Å². The molecule has 0 saturated carbocycles. The Morgan fingerprint density at radius 3 is 2.53 bits per heavy atom. The standard InChI is InChI=1S/C14H26O3/c1-5-6-8-13(4)9-7-10-16-14(15)17-11-12(2)3/h7,9,12-13H,5-6,8,10-11H2,1-4H3/b9-7-. The lowest BCUT2D eigenvalue weighted by molar-refractivity contribution is 0.0549. The van der Waals surface area contributed by atoms with Crippen molar-refractivity contribution < 1.29 is 14.3 Å². The highest BCUT2D eigenvalue weighted by Gasteiger charge is 2.03. The quantitative estimate of drug-likeness (QED) is 0.473. The molecular formula is C14H26O3. The number of carbonyl (C=O) groups is 1. The second kappa shape index (κ2) is 10.2. The molecule has 3 heteroatoms. The first-order valence-corrected chi connectivity index (χ1v) is 6.52. The maximum Gasteiger partial charge on any atom is 0.508 e. The summed E-state index contributed by atoms with van der Waals surface area (Å²) in [5.74, 6) is 0.886. The van der Waals surface area contributed by atoms with Crippen molar-refractivity contribution in [3.63, 3.8) is 0 Å². The Hall–Kier alpha value is -0.990. The monoisotopic (exact) mass is 242 g/mol. The lowest BCUT2D eigenvalue weighted by Crippen LogP contribution is -2.11. The molecule has 17 heavy (non-hydrogen) atoms. The van der Waals surface area contributed by atoms with Gasteiger partial charge < -0.3 is 9.47 Å². The minimum absolute atomic E-state index is 0.299. The molecule has 0 aromatic carbocycles. The molecule has 1 unspecified atom stereocenters. The largest absolute Gasteiger partial charge is 0.508 e. The fraction of sp³-hybridized carbons (Fsp3) is 0.786. The molecule has 0 aliphatic heterocycles. The van der Waals surface area contributed by atoms with Crippen LogP contribution in [-0.2, 0) is 9.47 Å². The van der Waals surface area contributed by atoms with Crippen LogP contribution >= 0.6 is 0 Å².